The van der Waals surface area contributed by atoms with Gasteiger partial charge in [0.2, 0.25) is 0 Å². The third-order valence-corrected chi connectivity index (χ3v) is 7.26. The number of benzene rings is 1. The highest BCUT2D eigenvalue weighted by Crippen LogP contribution is 2.31. The molecule has 0 atom stereocenters. The molecule has 0 radical (unpaired) electrons. The maximum absolute atomic E-state index is 12.9. The Morgan fingerprint density at radius 3 is 2.50 bits per heavy atom. The summed E-state index contributed by atoms with van der Waals surface area (Å²) in [6.45, 7) is 0.211. The summed E-state index contributed by atoms with van der Waals surface area (Å²) in [4.78, 5) is 20.4. The molecule has 0 aliphatic rings. The Hall–Kier alpha value is -2.92. The highest BCUT2D eigenvalue weighted by atomic mass is 32.2. The van der Waals surface area contributed by atoms with E-state index in [0.717, 1.165) is 30.0 Å². The molecule has 1 aromatic carbocycles. The molecule has 1 amide bonds. The Labute approximate surface area is 187 Å². The summed E-state index contributed by atoms with van der Waals surface area (Å²) in [5, 5.41) is 3.05. The van der Waals surface area contributed by atoms with Gasteiger partial charge in [0.1, 0.15) is 5.03 Å². The number of carbonyl (C=O) groups excluding carboxylic acids is 1. The lowest BCUT2D eigenvalue weighted by molar-refractivity contribution is -0.137. The number of carbonyl (C=O) groups is 1. The van der Waals surface area contributed by atoms with Gasteiger partial charge in [0.25, 0.3) is 5.91 Å². The minimum Gasteiger partial charge on any atom is -0.346 e. The van der Waals surface area contributed by atoms with Crippen LogP contribution in [-0.4, -0.2) is 35.8 Å². The number of rotatable bonds is 8. The fourth-order valence-corrected chi connectivity index (χ4v) is 5.36. The van der Waals surface area contributed by atoms with Gasteiger partial charge in [-0.15, -0.1) is 11.8 Å². The van der Waals surface area contributed by atoms with Gasteiger partial charge in [0, 0.05) is 18.1 Å². The molecule has 0 spiro atoms. The first kappa shape index (κ1) is 23.7. The highest BCUT2D eigenvalue weighted by Gasteiger charge is 2.31. The molecule has 11 heteroatoms. The molecule has 32 heavy (non-hydrogen) atoms. The van der Waals surface area contributed by atoms with Crippen LogP contribution in [0.3, 0.4) is 0 Å². The van der Waals surface area contributed by atoms with Crippen LogP contribution in [0, 0.1) is 0 Å². The van der Waals surface area contributed by atoms with Crippen molar-refractivity contribution in [3.63, 3.8) is 0 Å². The number of pyridine rings is 2. The SMILES string of the molecule is O=C(NCc1ccccn1)c1cccnc1SCCS(=O)(=O)c1cccc(C(F)(F)F)c1. The highest BCUT2D eigenvalue weighted by molar-refractivity contribution is 8.00. The largest absolute Gasteiger partial charge is 0.416 e. The maximum Gasteiger partial charge on any atom is 0.416 e. The third-order valence-electron chi connectivity index (χ3n) is 4.28. The first-order valence-electron chi connectivity index (χ1n) is 9.33. The zero-order valence-electron chi connectivity index (χ0n) is 16.5. The zero-order valence-corrected chi connectivity index (χ0v) is 18.2. The summed E-state index contributed by atoms with van der Waals surface area (Å²) < 4.78 is 63.6. The second kappa shape index (κ2) is 10.1. The number of amides is 1. The van der Waals surface area contributed by atoms with E-state index in [0.29, 0.717) is 16.8 Å². The van der Waals surface area contributed by atoms with Crippen molar-refractivity contribution < 1.29 is 26.4 Å². The van der Waals surface area contributed by atoms with E-state index in [-0.39, 0.29) is 17.9 Å². The number of nitrogens with zero attached hydrogens (tertiary/aromatic N) is 2. The van der Waals surface area contributed by atoms with E-state index in [1.54, 1.807) is 36.5 Å². The lowest BCUT2D eigenvalue weighted by atomic mass is 10.2. The van der Waals surface area contributed by atoms with Gasteiger partial charge < -0.3 is 5.32 Å². The standard InChI is InChI=1S/C21H18F3N3O3S2/c22-21(23,24)15-5-3-7-17(13-15)32(29,30)12-11-31-20-18(8-4-10-26-20)19(28)27-14-16-6-1-2-9-25-16/h1-10,13H,11-12,14H2,(H,27,28). The van der Waals surface area contributed by atoms with Crippen LogP contribution in [0.5, 0.6) is 0 Å². The van der Waals surface area contributed by atoms with Gasteiger partial charge in [-0.05, 0) is 42.5 Å². The van der Waals surface area contributed by atoms with E-state index < -0.39 is 38.1 Å². The van der Waals surface area contributed by atoms with Crippen LogP contribution in [0.4, 0.5) is 13.2 Å². The molecule has 0 aliphatic carbocycles. The quantitative estimate of drug-likeness (QED) is 0.490. The van der Waals surface area contributed by atoms with Gasteiger partial charge >= 0.3 is 6.18 Å². The smallest absolute Gasteiger partial charge is 0.346 e. The topological polar surface area (TPSA) is 89.0 Å². The molecule has 6 nitrogen and oxygen atoms in total. The van der Waals surface area contributed by atoms with Crippen LogP contribution >= 0.6 is 11.8 Å². The van der Waals surface area contributed by atoms with Gasteiger partial charge in [-0.3, -0.25) is 9.78 Å². The summed E-state index contributed by atoms with van der Waals surface area (Å²) in [6.07, 6.45) is -1.55. The molecule has 0 unspecified atom stereocenters. The average molecular weight is 482 g/mol. The number of hydrogen-bond acceptors (Lipinski definition) is 6. The summed E-state index contributed by atoms with van der Waals surface area (Å²) in [5.74, 6) is -0.798. The molecule has 1 N–H and O–H groups in total. The molecular weight excluding hydrogens is 463 g/mol. The Bertz CT molecular complexity index is 1190. The van der Waals surface area contributed by atoms with E-state index >= 15 is 0 Å². The number of halogens is 3. The summed E-state index contributed by atoms with van der Waals surface area (Å²) in [6, 6.07) is 12.1. The van der Waals surface area contributed by atoms with Crippen LogP contribution in [0.2, 0.25) is 0 Å². The fraction of sp³-hybridized carbons (Fsp3) is 0.190. The van der Waals surface area contributed by atoms with Crippen molar-refractivity contribution in [2.75, 3.05) is 11.5 Å². The molecule has 0 saturated carbocycles. The number of alkyl halides is 3. The van der Waals surface area contributed by atoms with Gasteiger partial charge in [-0.25, -0.2) is 13.4 Å². The summed E-state index contributed by atoms with van der Waals surface area (Å²) in [5.41, 5.74) is -0.0844. The Morgan fingerprint density at radius 1 is 1.00 bits per heavy atom. The number of nitrogens with one attached hydrogen (secondary N) is 1. The van der Waals surface area contributed by atoms with Gasteiger partial charge in [0.05, 0.1) is 34.0 Å². The lowest BCUT2D eigenvalue weighted by Crippen LogP contribution is -2.24. The second-order valence-electron chi connectivity index (χ2n) is 6.55. The van der Waals surface area contributed by atoms with E-state index in [9.17, 15) is 26.4 Å². The molecule has 0 fully saturated rings. The molecular formula is C21H18F3N3O3S2. The Kier molecular flexibility index (Phi) is 7.52. The summed E-state index contributed by atoms with van der Waals surface area (Å²) >= 11 is 1.04. The van der Waals surface area contributed by atoms with E-state index in [4.69, 9.17) is 0 Å². The van der Waals surface area contributed by atoms with Crippen molar-refractivity contribution in [3.05, 3.63) is 83.8 Å². The first-order chi connectivity index (χ1) is 15.2. The number of aromatic nitrogens is 2. The molecule has 0 bridgehead atoms. The van der Waals surface area contributed by atoms with Gasteiger partial charge in [-0.1, -0.05) is 12.1 Å². The zero-order chi connectivity index (χ0) is 23.2. The molecule has 0 aliphatic heterocycles. The summed E-state index contributed by atoms with van der Waals surface area (Å²) in [7, 11) is -3.95. The first-order valence-corrected chi connectivity index (χ1v) is 12.0. The maximum atomic E-state index is 12.9. The van der Waals surface area contributed by atoms with Crippen LogP contribution in [0.1, 0.15) is 21.6 Å². The Morgan fingerprint density at radius 2 is 1.78 bits per heavy atom. The van der Waals surface area contributed by atoms with Crippen LogP contribution < -0.4 is 5.32 Å². The number of thioether (sulfide) groups is 1. The Balaban J connectivity index is 1.64. The van der Waals surface area contributed by atoms with E-state index in [1.807, 2.05) is 0 Å². The number of hydrogen-bond donors (Lipinski definition) is 1. The van der Waals surface area contributed by atoms with Gasteiger partial charge in [-0.2, -0.15) is 13.2 Å². The van der Waals surface area contributed by atoms with Crippen molar-refractivity contribution >= 4 is 27.5 Å². The minimum absolute atomic E-state index is 0.0100. The van der Waals surface area contributed by atoms with Crippen molar-refractivity contribution in [2.24, 2.45) is 0 Å². The minimum atomic E-state index is -4.63. The molecule has 168 valence electrons. The molecule has 3 rings (SSSR count). The van der Waals surface area contributed by atoms with E-state index in [1.165, 1.54) is 6.20 Å². The van der Waals surface area contributed by atoms with Crippen LogP contribution in [-0.2, 0) is 22.6 Å². The lowest BCUT2D eigenvalue weighted by Gasteiger charge is -2.10. The third kappa shape index (κ3) is 6.30. The molecule has 3 aromatic rings. The second-order valence-corrected chi connectivity index (χ2v) is 9.75. The van der Waals surface area contributed by atoms with Crippen LogP contribution in [0.15, 0.2) is 76.9 Å². The molecule has 0 saturated heterocycles. The van der Waals surface area contributed by atoms with Crippen molar-refractivity contribution in [1.29, 1.82) is 0 Å². The van der Waals surface area contributed by atoms with Crippen molar-refractivity contribution in [1.82, 2.24) is 15.3 Å². The van der Waals surface area contributed by atoms with Crippen molar-refractivity contribution in [3.8, 4) is 0 Å². The predicted octanol–water partition coefficient (Wildman–Crippen LogP) is 3.99. The normalized spacial score (nSPS) is 11.8. The fourth-order valence-electron chi connectivity index (χ4n) is 2.68. The van der Waals surface area contributed by atoms with Crippen molar-refractivity contribution in [2.45, 2.75) is 22.6 Å². The van der Waals surface area contributed by atoms with Crippen LogP contribution in [0.25, 0.3) is 0 Å². The predicted molar refractivity (Wildman–Crippen MR) is 114 cm³/mol. The van der Waals surface area contributed by atoms with E-state index in [2.05, 4.69) is 15.3 Å². The van der Waals surface area contributed by atoms with Gasteiger partial charge in [0.15, 0.2) is 9.84 Å². The molecule has 2 heterocycles. The monoisotopic (exact) mass is 481 g/mol. The number of sulfone groups is 1. The average Bonchev–Trinajstić information content (AvgIpc) is 2.78. The molecule has 2 aromatic heterocycles.